The monoisotopic (exact) mass is 224 g/mol. The molecule has 0 aromatic carbocycles. The van der Waals surface area contributed by atoms with Crippen molar-refractivity contribution in [3.05, 3.63) is 0 Å². The molecule has 0 saturated heterocycles. The topological polar surface area (TPSA) is 52.6 Å². The van der Waals surface area contributed by atoms with Crippen molar-refractivity contribution in [3.63, 3.8) is 0 Å². The van der Waals surface area contributed by atoms with Crippen LogP contribution in [0.4, 0.5) is 8.78 Å². The first-order valence-electron chi connectivity index (χ1n) is 4.35. The maximum absolute atomic E-state index is 13.2. The van der Waals surface area contributed by atoms with Crippen LogP contribution in [0.5, 0.6) is 0 Å². The molecule has 0 atom stereocenters. The first kappa shape index (κ1) is 14.0. The molecule has 0 fully saturated rings. The molecular formula is C9H14F2O4. The van der Waals surface area contributed by atoms with Gasteiger partial charge < -0.3 is 9.47 Å². The van der Waals surface area contributed by atoms with Crippen molar-refractivity contribution in [3.8, 4) is 0 Å². The van der Waals surface area contributed by atoms with Crippen LogP contribution in [0.25, 0.3) is 0 Å². The van der Waals surface area contributed by atoms with Gasteiger partial charge >= 0.3 is 11.9 Å². The molecule has 0 unspecified atom stereocenters. The summed E-state index contributed by atoms with van der Waals surface area (Å²) in [5, 5.41) is 0. The lowest BCUT2D eigenvalue weighted by Gasteiger charge is -2.25. The zero-order valence-corrected chi connectivity index (χ0v) is 9.10. The van der Waals surface area contributed by atoms with E-state index >= 15 is 0 Å². The molecule has 0 bridgehead atoms. The molecule has 0 saturated carbocycles. The van der Waals surface area contributed by atoms with Crippen LogP contribution in [0.3, 0.4) is 0 Å². The van der Waals surface area contributed by atoms with E-state index in [9.17, 15) is 18.4 Å². The lowest BCUT2D eigenvalue weighted by Crippen LogP contribution is -2.50. The molecule has 0 aromatic heterocycles. The summed E-state index contributed by atoms with van der Waals surface area (Å²) < 4.78 is 35.0. The molecule has 0 aliphatic carbocycles. The zero-order chi connectivity index (χ0) is 12.3. The summed E-state index contributed by atoms with van der Waals surface area (Å²) in [6.45, 7) is 3.47. The molecule has 0 N–H and O–H groups in total. The number of rotatable bonds is 5. The van der Waals surface area contributed by atoms with Gasteiger partial charge in [0.25, 0.3) is 0 Å². The second-order valence-corrected chi connectivity index (χ2v) is 3.34. The number of hydrogen-bond acceptors (Lipinski definition) is 4. The number of Topliss-reactive ketones (excluding diaryl/α,β-unsaturated/α-hetero) is 1. The molecular weight excluding hydrogens is 210 g/mol. The number of carbonyl (C=O) groups is 2. The van der Waals surface area contributed by atoms with Crippen molar-refractivity contribution < 1.29 is 27.8 Å². The van der Waals surface area contributed by atoms with E-state index in [1.165, 1.54) is 6.92 Å². The summed E-state index contributed by atoms with van der Waals surface area (Å²) in [4.78, 5) is 22.1. The predicted molar refractivity (Wildman–Crippen MR) is 47.7 cm³/mol. The Bertz CT molecular complexity index is 261. The summed E-state index contributed by atoms with van der Waals surface area (Å²) in [5.41, 5.74) is -1.73. The Balaban J connectivity index is 4.88. The van der Waals surface area contributed by atoms with Crippen molar-refractivity contribution in [2.24, 2.45) is 0 Å². The lowest BCUT2D eigenvalue weighted by atomic mass is 9.98. The Morgan fingerprint density at radius 1 is 1.27 bits per heavy atom. The molecule has 0 radical (unpaired) electrons. The minimum Gasteiger partial charge on any atom is -0.461 e. The van der Waals surface area contributed by atoms with Crippen LogP contribution >= 0.6 is 0 Å². The highest BCUT2D eigenvalue weighted by Crippen LogP contribution is 2.25. The van der Waals surface area contributed by atoms with E-state index in [-0.39, 0.29) is 6.61 Å². The van der Waals surface area contributed by atoms with Gasteiger partial charge in [0.15, 0.2) is 0 Å². The number of halogens is 2. The standard InChI is InChI=1S/C9H14F2O4/c1-5-15-7(13)9(10,11)6(12)8(2,3)14-4/h5H2,1-4H3. The van der Waals surface area contributed by atoms with Crippen molar-refractivity contribution in [1.82, 2.24) is 0 Å². The molecule has 4 nitrogen and oxygen atoms in total. The number of ketones is 1. The first-order chi connectivity index (χ1) is 6.70. The molecule has 0 aliphatic rings. The Hall–Kier alpha value is -1.04. The molecule has 0 aliphatic heterocycles. The Labute approximate surface area is 86.5 Å². The van der Waals surface area contributed by atoms with Gasteiger partial charge in [-0.1, -0.05) is 0 Å². The summed E-state index contributed by atoms with van der Waals surface area (Å²) in [6, 6.07) is 0. The van der Waals surface area contributed by atoms with Gasteiger partial charge in [-0.15, -0.1) is 0 Å². The van der Waals surface area contributed by atoms with Gasteiger partial charge in [0.05, 0.1) is 6.61 Å². The Morgan fingerprint density at radius 3 is 2.07 bits per heavy atom. The van der Waals surface area contributed by atoms with Crippen molar-refractivity contribution in [1.29, 1.82) is 0 Å². The molecule has 0 amide bonds. The molecule has 88 valence electrons. The third-order valence-electron chi connectivity index (χ3n) is 1.87. The minimum atomic E-state index is -4.17. The maximum atomic E-state index is 13.2. The average Bonchev–Trinajstić information content (AvgIpc) is 2.17. The number of esters is 1. The quantitative estimate of drug-likeness (QED) is 0.519. The molecule has 0 rings (SSSR count). The average molecular weight is 224 g/mol. The van der Waals surface area contributed by atoms with Crippen LogP contribution in [0.15, 0.2) is 0 Å². The third-order valence-corrected chi connectivity index (χ3v) is 1.87. The largest absolute Gasteiger partial charge is 0.461 e. The van der Waals surface area contributed by atoms with Crippen molar-refractivity contribution >= 4 is 11.8 Å². The SMILES string of the molecule is CCOC(=O)C(F)(F)C(=O)C(C)(C)OC. The van der Waals surface area contributed by atoms with Gasteiger partial charge in [-0.25, -0.2) is 4.79 Å². The van der Waals surface area contributed by atoms with E-state index in [2.05, 4.69) is 9.47 Å². The number of methoxy groups -OCH3 is 1. The Kier molecular flexibility index (Phi) is 4.33. The van der Waals surface area contributed by atoms with Crippen molar-refractivity contribution in [2.75, 3.05) is 13.7 Å². The summed E-state index contributed by atoms with van der Waals surface area (Å²) in [7, 11) is 1.11. The molecule has 0 aromatic rings. The highest BCUT2D eigenvalue weighted by atomic mass is 19.3. The maximum Gasteiger partial charge on any atom is 0.402 e. The van der Waals surface area contributed by atoms with Crippen LogP contribution in [-0.4, -0.2) is 37.0 Å². The number of hydrogen-bond donors (Lipinski definition) is 0. The second-order valence-electron chi connectivity index (χ2n) is 3.34. The van der Waals surface area contributed by atoms with Gasteiger partial charge in [0, 0.05) is 7.11 Å². The fourth-order valence-electron chi connectivity index (χ4n) is 0.785. The van der Waals surface area contributed by atoms with E-state index in [4.69, 9.17) is 0 Å². The fraction of sp³-hybridized carbons (Fsp3) is 0.778. The van der Waals surface area contributed by atoms with E-state index in [1.807, 2.05) is 0 Å². The van der Waals surface area contributed by atoms with Gasteiger partial charge in [-0.05, 0) is 20.8 Å². The predicted octanol–water partition coefficient (Wildman–Crippen LogP) is 1.18. The van der Waals surface area contributed by atoms with Gasteiger partial charge in [-0.3, -0.25) is 4.79 Å². The fourth-order valence-corrected chi connectivity index (χ4v) is 0.785. The second kappa shape index (κ2) is 4.65. The van der Waals surface area contributed by atoms with Gasteiger partial charge in [-0.2, -0.15) is 8.78 Å². The van der Waals surface area contributed by atoms with E-state index in [0.29, 0.717) is 0 Å². The van der Waals surface area contributed by atoms with Crippen LogP contribution in [0, 0.1) is 0 Å². The summed E-state index contributed by atoms with van der Waals surface area (Å²) >= 11 is 0. The Morgan fingerprint density at radius 2 is 1.73 bits per heavy atom. The molecule has 15 heavy (non-hydrogen) atoms. The molecule has 0 heterocycles. The van der Waals surface area contributed by atoms with E-state index < -0.39 is 23.3 Å². The summed E-state index contributed by atoms with van der Waals surface area (Å²) in [6.07, 6.45) is 0. The highest BCUT2D eigenvalue weighted by molar-refractivity contribution is 6.08. The summed E-state index contributed by atoms with van der Waals surface area (Å²) in [5.74, 6) is -7.63. The van der Waals surface area contributed by atoms with Crippen molar-refractivity contribution in [2.45, 2.75) is 32.3 Å². The van der Waals surface area contributed by atoms with Crippen LogP contribution < -0.4 is 0 Å². The normalized spacial score (nSPS) is 12.4. The van der Waals surface area contributed by atoms with E-state index in [0.717, 1.165) is 21.0 Å². The van der Waals surface area contributed by atoms with Gasteiger partial charge in [0.1, 0.15) is 5.60 Å². The van der Waals surface area contributed by atoms with Crippen LogP contribution in [0.2, 0.25) is 0 Å². The number of ether oxygens (including phenoxy) is 2. The first-order valence-corrected chi connectivity index (χ1v) is 4.35. The number of carbonyl (C=O) groups excluding carboxylic acids is 2. The lowest BCUT2D eigenvalue weighted by molar-refractivity contribution is -0.185. The molecule has 0 spiro atoms. The number of alkyl halides is 2. The molecule has 6 heteroatoms. The highest BCUT2D eigenvalue weighted by Gasteiger charge is 2.54. The van der Waals surface area contributed by atoms with Crippen LogP contribution in [0.1, 0.15) is 20.8 Å². The minimum absolute atomic E-state index is 0.213. The zero-order valence-electron chi connectivity index (χ0n) is 9.10. The smallest absolute Gasteiger partial charge is 0.402 e. The van der Waals surface area contributed by atoms with Gasteiger partial charge in [0.2, 0.25) is 5.78 Å². The third kappa shape index (κ3) is 2.95. The van der Waals surface area contributed by atoms with Crippen LogP contribution in [-0.2, 0) is 19.1 Å². The van der Waals surface area contributed by atoms with E-state index in [1.54, 1.807) is 0 Å².